The van der Waals surface area contributed by atoms with Gasteiger partial charge in [-0.1, -0.05) is 6.07 Å². The summed E-state index contributed by atoms with van der Waals surface area (Å²) in [5.74, 6) is -0.459. The number of hydrogen-bond donors (Lipinski definition) is 1. The maximum atomic E-state index is 12.6. The van der Waals surface area contributed by atoms with E-state index in [1.807, 2.05) is 11.0 Å². The zero-order chi connectivity index (χ0) is 20.5. The van der Waals surface area contributed by atoms with E-state index in [1.165, 1.54) is 6.07 Å². The van der Waals surface area contributed by atoms with Crippen LogP contribution < -0.4 is 10.6 Å². The number of carbonyl (C=O) groups excluding carboxylic acids is 1. The summed E-state index contributed by atoms with van der Waals surface area (Å²) in [5.41, 5.74) is 7.34. The van der Waals surface area contributed by atoms with Gasteiger partial charge < -0.3 is 20.1 Å². The molecule has 0 saturated carbocycles. The van der Waals surface area contributed by atoms with Crippen molar-refractivity contribution in [1.29, 1.82) is 5.26 Å². The number of nitro benzene ring substituents is 1. The molecule has 0 unspecified atom stereocenters. The monoisotopic (exact) mass is 396 g/mol. The minimum absolute atomic E-state index is 0.0501. The minimum atomic E-state index is -0.756. The fraction of sp³-hybridized carbons (Fsp3) is 0.400. The van der Waals surface area contributed by atoms with E-state index in [0.29, 0.717) is 68.1 Å². The van der Waals surface area contributed by atoms with Crippen molar-refractivity contribution >= 4 is 17.2 Å². The van der Waals surface area contributed by atoms with Gasteiger partial charge in [0.1, 0.15) is 23.1 Å². The second kappa shape index (κ2) is 7.56. The number of ketones is 1. The van der Waals surface area contributed by atoms with Crippen LogP contribution in [0.4, 0.5) is 11.4 Å². The number of nitrogens with two attached hydrogens (primary N) is 1. The molecule has 0 aromatic heterocycles. The topological polar surface area (TPSA) is 132 Å². The Hall–Kier alpha value is -3.38. The largest absolute Gasteiger partial charge is 0.444 e. The first kappa shape index (κ1) is 19.0. The molecule has 2 heterocycles. The Morgan fingerprint density at radius 3 is 2.72 bits per heavy atom. The van der Waals surface area contributed by atoms with Crippen LogP contribution in [0.1, 0.15) is 30.7 Å². The molecule has 1 saturated heterocycles. The van der Waals surface area contributed by atoms with Crippen molar-refractivity contribution in [2.24, 2.45) is 5.73 Å². The zero-order valence-corrected chi connectivity index (χ0v) is 15.7. The van der Waals surface area contributed by atoms with Gasteiger partial charge in [0.25, 0.3) is 5.69 Å². The number of nitrogens with zero attached hydrogens (tertiary/aromatic N) is 3. The minimum Gasteiger partial charge on any atom is -0.444 e. The summed E-state index contributed by atoms with van der Waals surface area (Å²) < 4.78 is 10.9. The molecule has 1 aromatic rings. The number of allylic oxidation sites excluding steroid dienone is 3. The Kier molecular flexibility index (Phi) is 4.94. The van der Waals surface area contributed by atoms with Crippen LogP contribution >= 0.6 is 0 Å². The Morgan fingerprint density at radius 2 is 2.03 bits per heavy atom. The predicted molar refractivity (Wildman–Crippen MR) is 103 cm³/mol. The standard InChI is InChI=1S/C20H20N4O5/c21-11-13-18(19-16(25)2-1-3-17(19)29-20(13)22)12-4-5-14(15(10-12)24(26)27)23-6-8-28-9-7-23/h4-5,10,18H,1-3,6-9,22H2/t18-/m1/s1. The van der Waals surface area contributed by atoms with Gasteiger partial charge in [-0.15, -0.1) is 0 Å². The molecule has 2 N–H and O–H groups in total. The van der Waals surface area contributed by atoms with Crippen LogP contribution in [-0.2, 0) is 14.3 Å². The smallest absolute Gasteiger partial charge is 0.292 e. The number of benzene rings is 1. The molecular weight excluding hydrogens is 376 g/mol. The molecular formula is C20H20N4O5. The van der Waals surface area contributed by atoms with E-state index in [9.17, 15) is 20.2 Å². The number of anilines is 1. The van der Waals surface area contributed by atoms with Crippen molar-refractivity contribution in [3.8, 4) is 6.07 Å². The van der Waals surface area contributed by atoms with E-state index in [4.69, 9.17) is 15.2 Å². The zero-order valence-electron chi connectivity index (χ0n) is 15.7. The van der Waals surface area contributed by atoms with Crippen molar-refractivity contribution in [1.82, 2.24) is 0 Å². The Balaban J connectivity index is 1.83. The summed E-state index contributed by atoms with van der Waals surface area (Å²) in [6.45, 7) is 2.12. The van der Waals surface area contributed by atoms with Crippen LogP contribution in [0, 0.1) is 21.4 Å². The highest BCUT2D eigenvalue weighted by atomic mass is 16.6. The van der Waals surface area contributed by atoms with Crippen molar-refractivity contribution in [2.45, 2.75) is 25.2 Å². The van der Waals surface area contributed by atoms with Gasteiger partial charge in [0.15, 0.2) is 5.78 Å². The van der Waals surface area contributed by atoms with Gasteiger partial charge in [-0.2, -0.15) is 5.26 Å². The summed E-state index contributed by atoms with van der Waals surface area (Å²) in [4.78, 5) is 25.9. The van der Waals surface area contributed by atoms with Gasteiger partial charge >= 0.3 is 0 Å². The predicted octanol–water partition coefficient (Wildman–Crippen LogP) is 2.25. The first-order valence-corrected chi connectivity index (χ1v) is 9.46. The molecule has 0 bridgehead atoms. The van der Waals surface area contributed by atoms with Crippen molar-refractivity contribution in [2.75, 3.05) is 31.2 Å². The van der Waals surface area contributed by atoms with Crippen molar-refractivity contribution in [3.63, 3.8) is 0 Å². The molecule has 0 radical (unpaired) electrons. The molecule has 1 aliphatic carbocycles. The first-order chi connectivity index (χ1) is 14.0. The molecule has 3 aliphatic rings. The molecule has 150 valence electrons. The van der Waals surface area contributed by atoms with Gasteiger partial charge in [0.05, 0.1) is 24.1 Å². The lowest BCUT2D eigenvalue weighted by molar-refractivity contribution is -0.384. The molecule has 1 atom stereocenters. The van der Waals surface area contributed by atoms with Crippen LogP contribution in [0.3, 0.4) is 0 Å². The van der Waals surface area contributed by atoms with E-state index in [2.05, 4.69) is 0 Å². The highest BCUT2D eigenvalue weighted by Crippen LogP contribution is 2.45. The average molecular weight is 396 g/mol. The van der Waals surface area contributed by atoms with Gasteiger partial charge in [-0.3, -0.25) is 14.9 Å². The maximum absolute atomic E-state index is 12.6. The summed E-state index contributed by atoms with van der Waals surface area (Å²) in [7, 11) is 0. The van der Waals surface area contributed by atoms with Crippen molar-refractivity contribution in [3.05, 3.63) is 56.7 Å². The number of carbonyl (C=O) groups is 1. The second-order valence-electron chi connectivity index (χ2n) is 7.14. The molecule has 1 fully saturated rings. The number of nitro groups is 1. The van der Waals surface area contributed by atoms with Gasteiger partial charge in [0.2, 0.25) is 5.88 Å². The van der Waals surface area contributed by atoms with Crippen LogP contribution in [0.2, 0.25) is 0 Å². The van der Waals surface area contributed by atoms with Crippen LogP contribution in [0.5, 0.6) is 0 Å². The molecule has 1 aromatic carbocycles. The van der Waals surface area contributed by atoms with E-state index in [0.717, 1.165) is 0 Å². The number of Topliss-reactive ketones (excluding diaryl/α,β-unsaturated/α-hetero) is 1. The lowest BCUT2D eigenvalue weighted by Crippen LogP contribution is -2.36. The highest BCUT2D eigenvalue weighted by molar-refractivity contribution is 5.99. The van der Waals surface area contributed by atoms with E-state index in [-0.39, 0.29) is 22.9 Å². The van der Waals surface area contributed by atoms with Crippen LogP contribution in [0.25, 0.3) is 0 Å². The summed E-state index contributed by atoms with van der Waals surface area (Å²) >= 11 is 0. The van der Waals surface area contributed by atoms with Crippen LogP contribution in [0.15, 0.2) is 41.0 Å². The lowest BCUT2D eigenvalue weighted by Gasteiger charge is -2.32. The third-order valence-corrected chi connectivity index (χ3v) is 5.49. The number of ether oxygens (including phenoxy) is 2. The Labute approximate surface area is 167 Å². The quantitative estimate of drug-likeness (QED) is 0.608. The average Bonchev–Trinajstić information content (AvgIpc) is 2.73. The van der Waals surface area contributed by atoms with Gasteiger partial charge in [-0.25, -0.2) is 0 Å². The first-order valence-electron chi connectivity index (χ1n) is 9.46. The number of rotatable bonds is 3. The number of morpholine rings is 1. The molecule has 9 heteroatoms. The number of hydrogen-bond acceptors (Lipinski definition) is 8. The normalized spacial score (nSPS) is 22.1. The van der Waals surface area contributed by atoms with E-state index >= 15 is 0 Å². The highest BCUT2D eigenvalue weighted by Gasteiger charge is 2.39. The molecule has 29 heavy (non-hydrogen) atoms. The SMILES string of the molecule is N#CC1=C(N)OC2=C(C(=O)CCC2)[C@@H]1c1ccc(N2CCOCC2)c([N+](=O)[O-])c1. The molecule has 2 aliphatic heterocycles. The summed E-state index contributed by atoms with van der Waals surface area (Å²) in [6.07, 6.45) is 1.55. The third-order valence-electron chi connectivity index (χ3n) is 5.49. The lowest BCUT2D eigenvalue weighted by atomic mass is 9.77. The maximum Gasteiger partial charge on any atom is 0.292 e. The Bertz CT molecular complexity index is 985. The van der Waals surface area contributed by atoms with Gasteiger partial charge in [-0.05, 0) is 18.1 Å². The van der Waals surface area contributed by atoms with E-state index in [1.54, 1.807) is 12.1 Å². The number of nitriles is 1. The fourth-order valence-electron chi connectivity index (χ4n) is 4.13. The van der Waals surface area contributed by atoms with Crippen LogP contribution in [-0.4, -0.2) is 37.0 Å². The molecule has 0 spiro atoms. The fourth-order valence-corrected chi connectivity index (χ4v) is 4.13. The molecule has 9 nitrogen and oxygen atoms in total. The molecule has 0 amide bonds. The second-order valence-corrected chi connectivity index (χ2v) is 7.14. The van der Waals surface area contributed by atoms with Gasteiger partial charge in [0, 0.05) is 37.6 Å². The Morgan fingerprint density at radius 1 is 1.28 bits per heavy atom. The summed E-state index contributed by atoms with van der Waals surface area (Å²) in [5, 5.41) is 21.5. The third kappa shape index (κ3) is 3.32. The summed E-state index contributed by atoms with van der Waals surface area (Å²) in [6, 6.07) is 6.87. The van der Waals surface area contributed by atoms with E-state index < -0.39 is 10.8 Å². The van der Waals surface area contributed by atoms with Crippen molar-refractivity contribution < 1.29 is 19.2 Å². The molecule has 4 rings (SSSR count).